The Morgan fingerprint density at radius 3 is 2.40 bits per heavy atom. The second-order valence-corrected chi connectivity index (χ2v) is 11.2. The summed E-state index contributed by atoms with van der Waals surface area (Å²) in [6.07, 6.45) is 4.77. The Morgan fingerprint density at radius 2 is 2.00 bits per heavy atom. The standard InChI is InChI=1S/C10H12ClN3O.Cl3OP/c1-14(5-7-2-3-7)9-4-12-8(6-15)10(11)13-9;1-5(2,3)4/h4,6-7H,2-3,5H2,1H3;. The lowest BCUT2D eigenvalue weighted by Crippen LogP contribution is -2.21. The first-order valence-corrected chi connectivity index (χ1v) is 10.4. The van der Waals surface area contributed by atoms with Gasteiger partial charge in [-0.05, 0) is 52.5 Å². The summed E-state index contributed by atoms with van der Waals surface area (Å²) >= 11 is 19.6. The van der Waals surface area contributed by atoms with E-state index in [2.05, 4.69) is 43.7 Å². The molecule has 1 fully saturated rings. The van der Waals surface area contributed by atoms with Gasteiger partial charge < -0.3 is 4.90 Å². The highest BCUT2D eigenvalue weighted by molar-refractivity contribution is 8.24. The van der Waals surface area contributed by atoms with Crippen LogP contribution < -0.4 is 4.90 Å². The number of hydrogen-bond donors (Lipinski definition) is 0. The van der Waals surface area contributed by atoms with Crippen molar-refractivity contribution < 1.29 is 9.36 Å². The zero-order valence-corrected chi connectivity index (χ0v) is 14.4. The average Bonchev–Trinajstić information content (AvgIpc) is 3.10. The van der Waals surface area contributed by atoms with Crippen molar-refractivity contribution in [2.75, 3.05) is 18.5 Å². The highest BCUT2D eigenvalue weighted by Crippen LogP contribution is 2.61. The maximum Gasteiger partial charge on any atom is 0.339 e. The van der Waals surface area contributed by atoms with Crippen LogP contribution in [0.4, 0.5) is 5.82 Å². The van der Waals surface area contributed by atoms with Crippen LogP contribution in [0.3, 0.4) is 0 Å². The number of aldehydes is 1. The summed E-state index contributed by atoms with van der Waals surface area (Å²) in [7, 11) is 1.96. The third-order valence-corrected chi connectivity index (χ3v) is 2.75. The second-order valence-electron chi connectivity index (χ2n) is 4.24. The van der Waals surface area contributed by atoms with Gasteiger partial charge in [-0.1, -0.05) is 11.6 Å². The minimum atomic E-state index is -3.22. The summed E-state index contributed by atoms with van der Waals surface area (Å²) in [6.45, 7) is 0.978. The van der Waals surface area contributed by atoms with Gasteiger partial charge in [0, 0.05) is 13.6 Å². The Kier molecular flexibility index (Phi) is 7.02. The summed E-state index contributed by atoms with van der Waals surface area (Å²) in [5, 5.41) is -3.05. The Balaban J connectivity index is 0.000000347. The third kappa shape index (κ3) is 7.65. The zero-order valence-electron chi connectivity index (χ0n) is 10.5. The first-order valence-electron chi connectivity index (χ1n) is 5.58. The van der Waals surface area contributed by atoms with Crippen LogP contribution >= 0.6 is 50.5 Å². The molecular formula is C10H12Cl4N3O2P. The highest BCUT2D eigenvalue weighted by Gasteiger charge is 2.23. The molecule has 1 aliphatic carbocycles. The fourth-order valence-corrected chi connectivity index (χ4v) is 1.59. The molecule has 0 spiro atoms. The van der Waals surface area contributed by atoms with Crippen LogP contribution in [-0.2, 0) is 4.57 Å². The van der Waals surface area contributed by atoms with Gasteiger partial charge in [0.1, 0.15) is 11.5 Å². The summed E-state index contributed by atoms with van der Waals surface area (Å²) in [5.41, 5.74) is 0.195. The number of anilines is 1. The molecule has 2 rings (SSSR count). The molecule has 1 saturated carbocycles. The number of carbonyl (C=O) groups excluding carboxylic acids is 1. The minimum Gasteiger partial charge on any atom is -0.358 e. The van der Waals surface area contributed by atoms with Crippen molar-refractivity contribution in [3.63, 3.8) is 0 Å². The highest BCUT2D eigenvalue weighted by atomic mass is 36.0. The van der Waals surface area contributed by atoms with Crippen LogP contribution in [-0.4, -0.2) is 29.8 Å². The van der Waals surface area contributed by atoms with Crippen molar-refractivity contribution in [1.29, 1.82) is 0 Å². The van der Waals surface area contributed by atoms with Crippen LogP contribution in [0.15, 0.2) is 6.20 Å². The van der Waals surface area contributed by atoms with Crippen molar-refractivity contribution >= 4 is 62.6 Å². The van der Waals surface area contributed by atoms with E-state index in [-0.39, 0.29) is 10.8 Å². The van der Waals surface area contributed by atoms with Gasteiger partial charge in [-0.3, -0.25) is 9.36 Å². The van der Waals surface area contributed by atoms with E-state index in [4.69, 9.17) is 11.6 Å². The maximum atomic E-state index is 10.5. The molecule has 1 aromatic rings. The molecule has 0 atom stereocenters. The van der Waals surface area contributed by atoms with E-state index in [0.717, 1.165) is 18.3 Å². The summed E-state index contributed by atoms with van der Waals surface area (Å²) in [6, 6.07) is 0. The molecule has 0 saturated heterocycles. The van der Waals surface area contributed by atoms with Crippen molar-refractivity contribution in [2.24, 2.45) is 5.92 Å². The molecule has 0 unspecified atom stereocenters. The molecule has 1 aliphatic rings. The van der Waals surface area contributed by atoms with E-state index in [0.29, 0.717) is 6.29 Å². The van der Waals surface area contributed by atoms with E-state index < -0.39 is 5.20 Å². The number of halogens is 4. The van der Waals surface area contributed by atoms with Crippen molar-refractivity contribution in [3.8, 4) is 0 Å². The number of hydrogen-bond acceptors (Lipinski definition) is 5. The number of carbonyl (C=O) groups is 1. The van der Waals surface area contributed by atoms with Crippen molar-refractivity contribution in [1.82, 2.24) is 9.97 Å². The number of nitrogens with zero attached hydrogens (tertiary/aromatic N) is 3. The molecule has 0 radical (unpaired) electrons. The predicted octanol–water partition coefficient (Wildman–Crippen LogP) is 4.60. The molecule has 0 bridgehead atoms. The van der Waals surface area contributed by atoms with E-state index in [1.807, 2.05) is 11.9 Å². The Labute approximate surface area is 136 Å². The van der Waals surface area contributed by atoms with Crippen LogP contribution in [0.5, 0.6) is 0 Å². The molecule has 10 heteroatoms. The second kappa shape index (κ2) is 7.81. The summed E-state index contributed by atoms with van der Waals surface area (Å²) in [5.74, 6) is 1.50. The smallest absolute Gasteiger partial charge is 0.339 e. The average molecular weight is 379 g/mol. The van der Waals surface area contributed by atoms with Gasteiger partial charge in [-0.25, -0.2) is 9.97 Å². The largest absolute Gasteiger partial charge is 0.358 e. The van der Waals surface area contributed by atoms with E-state index in [1.165, 1.54) is 12.8 Å². The predicted molar refractivity (Wildman–Crippen MR) is 83.6 cm³/mol. The molecule has 0 N–H and O–H groups in total. The lowest BCUT2D eigenvalue weighted by atomic mass is 10.4. The lowest BCUT2D eigenvalue weighted by molar-refractivity contribution is 0.111. The molecule has 0 amide bonds. The van der Waals surface area contributed by atoms with Gasteiger partial charge in [-0.2, -0.15) is 0 Å². The minimum absolute atomic E-state index is 0.171. The van der Waals surface area contributed by atoms with Crippen molar-refractivity contribution in [2.45, 2.75) is 12.8 Å². The molecule has 1 heterocycles. The first kappa shape index (κ1) is 18.0. The topological polar surface area (TPSA) is 63.2 Å². The van der Waals surface area contributed by atoms with E-state index >= 15 is 0 Å². The Hall–Kier alpha value is -0.0600. The zero-order chi connectivity index (χ0) is 15.3. The van der Waals surface area contributed by atoms with Gasteiger partial charge in [0.05, 0.1) is 6.20 Å². The number of rotatable bonds is 4. The maximum absolute atomic E-state index is 10.5. The van der Waals surface area contributed by atoms with Gasteiger partial charge in [-0.15, -0.1) is 0 Å². The number of aromatic nitrogens is 2. The SMILES string of the molecule is CN(CC1CC1)c1cnc(C=O)c(Cl)n1.O=P(Cl)(Cl)Cl. The quantitative estimate of drug-likeness (QED) is 0.565. The van der Waals surface area contributed by atoms with Gasteiger partial charge in [0.15, 0.2) is 11.4 Å². The fourth-order valence-electron chi connectivity index (χ4n) is 1.41. The van der Waals surface area contributed by atoms with E-state index in [1.54, 1.807) is 6.20 Å². The Bertz CT molecular complexity index is 513. The molecule has 112 valence electrons. The van der Waals surface area contributed by atoms with Gasteiger partial charge >= 0.3 is 5.20 Å². The van der Waals surface area contributed by atoms with Crippen molar-refractivity contribution in [3.05, 3.63) is 17.0 Å². The van der Waals surface area contributed by atoms with Crippen LogP contribution in [0.2, 0.25) is 5.15 Å². The van der Waals surface area contributed by atoms with Crippen LogP contribution in [0.25, 0.3) is 0 Å². The molecule has 0 aromatic carbocycles. The monoisotopic (exact) mass is 377 g/mol. The summed E-state index contributed by atoms with van der Waals surface area (Å²) < 4.78 is 9.51. The van der Waals surface area contributed by atoms with Crippen LogP contribution in [0.1, 0.15) is 23.3 Å². The van der Waals surface area contributed by atoms with Crippen LogP contribution in [0, 0.1) is 5.92 Å². The first-order chi connectivity index (χ1) is 9.20. The fraction of sp³-hybridized carbons (Fsp3) is 0.500. The molecular weight excluding hydrogens is 367 g/mol. The van der Waals surface area contributed by atoms with E-state index in [9.17, 15) is 9.36 Å². The van der Waals surface area contributed by atoms with Gasteiger partial charge in [0.25, 0.3) is 0 Å². The summed E-state index contributed by atoms with van der Waals surface area (Å²) in [4.78, 5) is 20.6. The molecule has 5 nitrogen and oxygen atoms in total. The third-order valence-electron chi connectivity index (χ3n) is 2.47. The Morgan fingerprint density at radius 1 is 1.45 bits per heavy atom. The van der Waals surface area contributed by atoms with Gasteiger partial charge in [0.2, 0.25) is 0 Å². The normalized spacial score (nSPS) is 14.2. The molecule has 1 aromatic heterocycles. The molecule has 20 heavy (non-hydrogen) atoms. The lowest BCUT2D eigenvalue weighted by Gasteiger charge is -2.17. The molecule has 0 aliphatic heterocycles.